The first kappa shape index (κ1) is 14.0. The third-order valence-corrected chi connectivity index (χ3v) is 4.29. The van der Waals surface area contributed by atoms with Crippen molar-refractivity contribution in [2.75, 3.05) is 0 Å². The summed E-state index contributed by atoms with van der Waals surface area (Å²) in [4.78, 5) is 12.5. The third kappa shape index (κ3) is 2.88. The Bertz CT molecular complexity index is 826. The van der Waals surface area contributed by atoms with Crippen molar-refractivity contribution in [2.24, 2.45) is 0 Å². The molecule has 0 aliphatic rings. The van der Waals surface area contributed by atoms with E-state index < -0.39 is 0 Å². The second-order valence-electron chi connectivity index (χ2n) is 5.07. The van der Waals surface area contributed by atoms with Crippen molar-refractivity contribution in [1.29, 1.82) is 0 Å². The van der Waals surface area contributed by atoms with Gasteiger partial charge >= 0.3 is 0 Å². The molecule has 0 amide bonds. The van der Waals surface area contributed by atoms with E-state index in [0.717, 1.165) is 21.1 Å². The molecule has 3 aromatic rings. The largest absolute Gasteiger partial charge is 0.287 e. The summed E-state index contributed by atoms with van der Waals surface area (Å²) < 4.78 is 2.85. The number of ketones is 1. The molecule has 0 saturated carbocycles. The molecule has 3 rings (SSSR count). The Balaban J connectivity index is 1.96. The molecular formula is C18H15BrNO+. The normalized spacial score (nSPS) is 10.8. The van der Waals surface area contributed by atoms with E-state index in [1.807, 2.05) is 54.1 Å². The van der Waals surface area contributed by atoms with Crippen LogP contribution < -0.4 is 4.57 Å². The molecule has 0 aliphatic heterocycles. The van der Waals surface area contributed by atoms with Crippen molar-refractivity contribution in [3.05, 3.63) is 76.5 Å². The quantitative estimate of drug-likeness (QED) is 0.519. The molecule has 1 heterocycles. The number of benzene rings is 2. The number of aromatic nitrogens is 1. The molecule has 104 valence electrons. The molecule has 0 bridgehead atoms. The molecule has 0 unspecified atom stereocenters. The fraction of sp³-hybridized carbons (Fsp3) is 0.111. The number of hydrogen-bond donors (Lipinski definition) is 0. The van der Waals surface area contributed by atoms with Crippen LogP contribution in [0.15, 0.2) is 65.3 Å². The zero-order valence-corrected chi connectivity index (χ0v) is 13.3. The second-order valence-corrected chi connectivity index (χ2v) is 5.93. The van der Waals surface area contributed by atoms with Gasteiger partial charge in [0, 0.05) is 28.4 Å². The summed E-state index contributed by atoms with van der Waals surface area (Å²) in [6, 6.07) is 17.8. The van der Waals surface area contributed by atoms with Gasteiger partial charge in [-0.1, -0.05) is 52.3 Å². The number of aryl methyl sites for hydroxylation is 1. The first-order chi connectivity index (χ1) is 10.1. The van der Waals surface area contributed by atoms with Crippen LogP contribution in [0.1, 0.15) is 16.1 Å². The summed E-state index contributed by atoms with van der Waals surface area (Å²) in [5.74, 6) is 0.103. The predicted octanol–water partition coefficient (Wildman–Crippen LogP) is 4.08. The molecule has 0 spiro atoms. The lowest BCUT2D eigenvalue weighted by atomic mass is 10.1. The summed E-state index contributed by atoms with van der Waals surface area (Å²) >= 11 is 3.44. The summed E-state index contributed by atoms with van der Waals surface area (Å²) in [6.45, 7) is 2.37. The fourth-order valence-electron chi connectivity index (χ4n) is 2.44. The SMILES string of the molecule is Cc1cc2ccccc2c[n+]1CC(=O)c1ccccc1Br. The van der Waals surface area contributed by atoms with E-state index >= 15 is 0 Å². The van der Waals surface area contributed by atoms with Crippen LogP contribution >= 0.6 is 15.9 Å². The lowest BCUT2D eigenvalue weighted by Crippen LogP contribution is -2.40. The van der Waals surface area contributed by atoms with Crippen LogP contribution in [-0.4, -0.2) is 5.78 Å². The molecule has 3 heteroatoms. The number of nitrogens with zero attached hydrogens (tertiary/aromatic N) is 1. The minimum atomic E-state index is 0.103. The van der Waals surface area contributed by atoms with Gasteiger partial charge in [-0.05, 0) is 17.5 Å². The Kier molecular flexibility index (Phi) is 3.84. The van der Waals surface area contributed by atoms with Crippen LogP contribution in [-0.2, 0) is 6.54 Å². The van der Waals surface area contributed by atoms with Crippen molar-refractivity contribution in [3.63, 3.8) is 0 Å². The molecule has 0 aliphatic carbocycles. The Morgan fingerprint density at radius 2 is 1.71 bits per heavy atom. The first-order valence-corrected chi connectivity index (χ1v) is 7.61. The van der Waals surface area contributed by atoms with E-state index in [-0.39, 0.29) is 5.78 Å². The smallest absolute Gasteiger partial charge is 0.228 e. The number of pyridine rings is 1. The van der Waals surface area contributed by atoms with E-state index in [4.69, 9.17) is 0 Å². The Morgan fingerprint density at radius 3 is 2.48 bits per heavy atom. The van der Waals surface area contributed by atoms with Crippen molar-refractivity contribution >= 4 is 32.5 Å². The molecule has 0 N–H and O–H groups in total. The van der Waals surface area contributed by atoms with Crippen LogP contribution in [0.4, 0.5) is 0 Å². The molecule has 2 aromatic carbocycles. The maximum atomic E-state index is 12.5. The first-order valence-electron chi connectivity index (χ1n) is 6.82. The van der Waals surface area contributed by atoms with E-state index in [9.17, 15) is 4.79 Å². The highest BCUT2D eigenvalue weighted by Gasteiger charge is 2.17. The summed E-state index contributed by atoms with van der Waals surface area (Å²) in [6.07, 6.45) is 2.04. The highest BCUT2D eigenvalue weighted by atomic mass is 79.9. The van der Waals surface area contributed by atoms with Gasteiger partial charge in [-0.2, -0.15) is 4.57 Å². The molecule has 0 fully saturated rings. The highest BCUT2D eigenvalue weighted by Crippen LogP contribution is 2.17. The number of fused-ring (bicyclic) bond motifs is 1. The zero-order chi connectivity index (χ0) is 14.8. The number of halogens is 1. The van der Waals surface area contributed by atoms with Crippen LogP contribution in [0.2, 0.25) is 0 Å². The van der Waals surface area contributed by atoms with Crippen molar-refractivity contribution < 1.29 is 9.36 Å². The van der Waals surface area contributed by atoms with Gasteiger partial charge in [-0.25, -0.2) is 0 Å². The molecule has 0 saturated heterocycles. The second kappa shape index (κ2) is 5.78. The third-order valence-electron chi connectivity index (χ3n) is 3.60. The minimum absolute atomic E-state index is 0.103. The van der Waals surface area contributed by atoms with Gasteiger partial charge in [-0.15, -0.1) is 0 Å². The Morgan fingerprint density at radius 1 is 1.05 bits per heavy atom. The fourth-order valence-corrected chi connectivity index (χ4v) is 2.94. The van der Waals surface area contributed by atoms with Crippen LogP contribution in [0.5, 0.6) is 0 Å². The maximum absolute atomic E-state index is 12.5. The van der Waals surface area contributed by atoms with Gasteiger partial charge in [0.05, 0.1) is 0 Å². The standard InChI is InChI=1S/C18H15BrNO/c1-13-10-14-6-2-3-7-15(14)11-20(13)12-18(21)16-8-4-5-9-17(16)19/h2-11H,12H2,1H3/q+1. The highest BCUT2D eigenvalue weighted by molar-refractivity contribution is 9.10. The van der Waals surface area contributed by atoms with Crippen LogP contribution in [0.3, 0.4) is 0 Å². The number of carbonyl (C=O) groups is 1. The Labute approximate surface area is 132 Å². The summed E-state index contributed by atoms with van der Waals surface area (Å²) in [5.41, 5.74) is 1.80. The Hall–Kier alpha value is -2.00. The van der Waals surface area contributed by atoms with E-state index in [0.29, 0.717) is 6.54 Å². The van der Waals surface area contributed by atoms with E-state index in [1.54, 1.807) is 0 Å². The lowest BCUT2D eigenvalue weighted by molar-refractivity contribution is -0.687. The van der Waals surface area contributed by atoms with E-state index in [1.165, 1.54) is 5.39 Å². The van der Waals surface area contributed by atoms with Crippen molar-refractivity contribution in [3.8, 4) is 0 Å². The average Bonchev–Trinajstić information content (AvgIpc) is 2.48. The van der Waals surface area contributed by atoms with Crippen molar-refractivity contribution in [2.45, 2.75) is 13.5 Å². The van der Waals surface area contributed by atoms with Crippen molar-refractivity contribution in [1.82, 2.24) is 0 Å². The molecule has 0 radical (unpaired) electrons. The van der Waals surface area contributed by atoms with Gasteiger partial charge in [0.25, 0.3) is 0 Å². The zero-order valence-electron chi connectivity index (χ0n) is 11.7. The van der Waals surface area contributed by atoms with E-state index in [2.05, 4.69) is 34.1 Å². The minimum Gasteiger partial charge on any atom is -0.287 e. The van der Waals surface area contributed by atoms with Crippen LogP contribution in [0.25, 0.3) is 10.8 Å². The van der Waals surface area contributed by atoms with Gasteiger partial charge in [-0.3, -0.25) is 4.79 Å². The number of Topliss-reactive ketones (excluding diaryl/α,β-unsaturated/α-hetero) is 1. The monoisotopic (exact) mass is 340 g/mol. The maximum Gasteiger partial charge on any atom is 0.228 e. The predicted molar refractivity (Wildman–Crippen MR) is 87.4 cm³/mol. The average molecular weight is 341 g/mol. The van der Waals surface area contributed by atoms with Gasteiger partial charge < -0.3 is 0 Å². The lowest BCUT2D eigenvalue weighted by Gasteiger charge is -2.04. The molecular weight excluding hydrogens is 326 g/mol. The molecule has 0 atom stereocenters. The van der Waals surface area contributed by atoms with Crippen LogP contribution in [0, 0.1) is 6.92 Å². The number of hydrogen-bond acceptors (Lipinski definition) is 1. The molecule has 2 nitrogen and oxygen atoms in total. The summed E-state index contributed by atoms with van der Waals surface area (Å²) in [5, 5.41) is 2.34. The number of carbonyl (C=O) groups excluding carboxylic acids is 1. The molecule has 1 aromatic heterocycles. The summed E-state index contributed by atoms with van der Waals surface area (Å²) in [7, 11) is 0. The molecule has 21 heavy (non-hydrogen) atoms. The van der Waals surface area contributed by atoms with Gasteiger partial charge in [0.15, 0.2) is 11.9 Å². The topological polar surface area (TPSA) is 20.9 Å². The van der Waals surface area contributed by atoms with Gasteiger partial charge in [0.2, 0.25) is 12.3 Å². The van der Waals surface area contributed by atoms with Gasteiger partial charge in [0.1, 0.15) is 0 Å². The number of rotatable bonds is 3.